The van der Waals surface area contributed by atoms with Gasteiger partial charge in [-0.2, -0.15) is 0 Å². The molecule has 0 aromatic rings. The van der Waals surface area contributed by atoms with Gasteiger partial charge in [0.25, 0.3) is 11.8 Å². The van der Waals surface area contributed by atoms with Gasteiger partial charge in [-0.1, -0.05) is 25.3 Å². The number of hydrogen-bond acceptors (Lipinski definition) is 7. The first-order valence-corrected chi connectivity index (χ1v) is 10.8. The molecular formula is C18H18N4O5S2. The number of amides is 3. The van der Waals surface area contributed by atoms with E-state index in [2.05, 4.69) is 18.5 Å². The van der Waals surface area contributed by atoms with Crippen LogP contribution < -0.4 is 11.1 Å². The van der Waals surface area contributed by atoms with Gasteiger partial charge in [0.05, 0.1) is 0 Å². The van der Waals surface area contributed by atoms with Crippen LogP contribution in [0.5, 0.6) is 0 Å². The van der Waals surface area contributed by atoms with Gasteiger partial charge in [-0.25, -0.2) is 4.79 Å². The minimum Gasteiger partial charge on any atom is -0.477 e. The average Bonchev–Trinajstić information content (AvgIpc) is 2.73. The van der Waals surface area contributed by atoms with E-state index in [0.29, 0.717) is 22.7 Å². The summed E-state index contributed by atoms with van der Waals surface area (Å²) in [5, 5.41) is 11.3. The molecule has 0 aromatic carbocycles. The van der Waals surface area contributed by atoms with E-state index >= 15 is 0 Å². The van der Waals surface area contributed by atoms with Gasteiger partial charge in [-0.3, -0.25) is 24.2 Å². The number of carboxylic acid groups (broad SMARTS) is 1. The van der Waals surface area contributed by atoms with Crippen LogP contribution in [-0.2, 0) is 19.2 Å². The molecule has 4 aliphatic heterocycles. The van der Waals surface area contributed by atoms with Crippen molar-refractivity contribution in [3.05, 3.63) is 47.9 Å². The monoisotopic (exact) mass is 434 g/mol. The average molecular weight is 434 g/mol. The summed E-state index contributed by atoms with van der Waals surface area (Å²) in [7, 11) is 0. The second-order valence-corrected chi connectivity index (χ2v) is 8.97. The fourth-order valence-electron chi connectivity index (χ4n) is 3.72. The highest BCUT2D eigenvalue weighted by molar-refractivity contribution is 8.00. The summed E-state index contributed by atoms with van der Waals surface area (Å²) in [6, 6.07) is -1.55. The fourth-order valence-corrected chi connectivity index (χ4v) is 6.35. The van der Waals surface area contributed by atoms with Crippen molar-refractivity contribution in [2.24, 2.45) is 5.73 Å². The second kappa shape index (κ2) is 7.08. The van der Waals surface area contributed by atoms with Crippen LogP contribution in [0, 0.1) is 0 Å². The van der Waals surface area contributed by atoms with Crippen molar-refractivity contribution in [1.29, 1.82) is 0 Å². The van der Waals surface area contributed by atoms with Crippen LogP contribution in [-0.4, -0.2) is 72.9 Å². The summed E-state index contributed by atoms with van der Waals surface area (Å²) in [6.07, 6.45) is 2.94. The molecule has 4 rings (SSSR count). The van der Waals surface area contributed by atoms with Crippen molar-refractivity contribution in [3.8, 4) is 0 Å². The second-order valence-electron chi connectivity index (χ2n) is 6.76. The number of fused-ring (bicyclic) bond motifs is 2. The molecule has 152 valence electrons. The summed E-state index contributed by atoms with van der Waals surface area (Å²) in [5.74, 6) is -1.81. The lowest BCUT2D eigenvalue weighted by molar-refractivity contribution is -0.151. The quantitative estimate of drug-likeness (QED) is 0.498. The highest BCUT2D eigenvalue weighted by atomic mass is 32.2. The van der Waals surface area contributed by atoms with E-state index in [-0.39, 0.29) is 22.7 Å². The third-order valence-electron chi connectivity index (χ3n) is 5.23. The molecule has 0 aromatic heterocycles. The largest absolute Gasteiger partial charge is 0.477 e. The van der Waals surface area contributed by atoms with E-state index in [1.807, 2.05) is 0 Å². The number of rotatable bonds is 5. The summed E-state index contributed by atoms with van der Waals surface area (Å²) in [6.45, 7) is 7.30. The van der Waals surface area contributed by atoms with Crippen LogP contribution in [0.25, 0.3) is 0 Å². The van der Waals surface area contributed by atoms with Crippen molar-refractivity contribution in [2.45, 2.75) is 22.8 Å². The minimum atomic E-state index is -1.22. The smallest absolute Gasteiger partial charge is 0.352 e. The van der Waals surface area contributed by atoms with E-state index in [1.165, 1.54) is 45.5 Å². The van der Waals surface area contributed by atoms with Gasteiger partial charge in [-0.15, -0.1) is 23.5 Å². The topological polar surface area (TPSA) is 133 Å². The summed E-state index contributed by atoms with van der Waals surface area (Å²) in [4.78, 5) is 51.9. The van der Waals surface area contributed by atoms with Crippen molar-refractivity contribution in [3.63, 3.8) is 0 Å². The Labute approximate surface area is 174 Å². The molecule has 29 heavy (non-hydrogen) atoms. The number of aliphatic carboxylic acids is 1. The standard InChI is InChI=1S/C18H18N4O5S2/c1-3-7-5-28-16-9(19)14(24)21(16)11(7)13(23)20-10-15(25)22-12(18(26)27)8(4-2)6-29-17(10)22/h3-4,9-10,16-17H,1-2,5-6,19H2,(H,20,23)(H,26,27)/t9-,10-,16-,17-/m1/s1. The number of nitrogens with one attached hydrogen (secondary N) is 1. The van der Waals surface area contributed by atoms with Gasteiger partial charge in [0.1, 0.15) is 34.2 Å². The normalized spacial score (nSPS) is 30.8. The lowest BCUT2D eigenvalue weighted by Gasteiger charge is -2.51. The molecule has 0 aliphatic carbocycles. The molecule has 0 unspecified atom stereocenters. The number of carbonyl (C=O) groups excluding carboxylic acids is 3. The summed E-state index contributed by atoms with van der Waals surface area (Å²) >= 11 is 2.80. The van der Waals surface area contributed by atoms with Crippen LogP contribution in [0.4, 0.5) is 0 Å². The van der Waals surface area contributed by atoms with Gasteiger partial charge in [0.15, 0.2) is 0 Å². The maximum Gasteiger partial charge on any atom is 0.352 e. The van der Waals surface area contributed by atoms with E-state index in [4.69, 9.17) is 5.73 Å². The van der Waals surface area contributed by atoms with Crippen LogP contribution >= 0.6 is 23.5 Å². The summed E-state index contributed by atoms with van der Waals surface area (Å²) < 4.78 is 0. The Balaban J connectivity index is 1.57. The van der Waals surface area contributed by atoms with E-state index in [9.17, 15) is 24.3 Å². The first-order valence-electron chi connectivity index (χ1n) is 8.72. The zero-order valence-corrected chi connectivity index (χ0v) is 16.8. The zero-order valence-electron chi connectivity index (χ0n) is 15.2. The Hall–Kier alpha value is -2.50. The van der Waals surface area contributed by atoms with E-state index in [1.54, 1.807) is 0 Å². The van der Waals surface area contributed by atoms with Crippen LogP contribution in [0.2, 0.25) is 0 Å². The molecule has 11 heteroatoms. The highest BCUT2D eigenvalue weighted by Gasteiger charge is 2.56. The number of hydrogen-bond donors (Lipinski definition) is 3. The predicted molar refractivity (Wildman–Crippen MR) is 108 cm³/mol. The molecule has 2 saturated heterocycles. The first kappa shape index (κ1) is 19.8. The molecule has 4 atom stereocenters. The summed E-state index contributed by atoms with van der Waals surface area (Å²) in [5.41, 5.74) is 6.91. The molecule has 3 amide bonds. The molecule has 0 saturated carbocycles. The molecule has 0 spiro atoms. The van der Waals surface area contributed by atoms with Gasteiger partial charge in [0.2, 0.25) is 5.91 Å². The lowest BCUT2D eigenvalue weighted by atomic mass is 10.0. The van der Waals surface area contributed by atoms with E-state index in [0.717, 1.165) is 0 Å². The van der Waals surface area contributed by atoms with Crippen LogP contribution in [0.15, 0.2) is 47.9 Å². The number of nitrogens with two attached hydrogens (primary N) is 1. The molecule has 4 aliphatic rings. The SMILES string of the molecule is C=CC1=C(C(=O)N[C@@H]2C(=O)N3C(C(=O)O)=C(C=C)CS[C@H]23)N2C(=O)[C@@H](N)[C@H]2SC1. The van der Waals surface area contributed by atoms with Crippen LogP contribution in [0.3, 0.4) is 0 Å². The Bertz CT molecular complexity index is 943. The maximum atomic E-state index is 13.0. The van der Waals surface area contributed by atoms with Crippen molar-refractivity contribution < 1.29 is 24.3 Å². The van der Waals surface area contributed by atoms with Gasteiger partial charge in [0, 0.05) is 11.5 Å². The van der Waals surface area contributed by atoms with E-state index < -0.39 is 35.2 Å². The third-order valence-corrected chi connectivity index (χ3v) is 7.86. The molecule has 9 nitrogen and oxygen atoms in total. The minimum absolute atomic E-state index is 0.108. The number of thioether (sulfide) groups is 2. The number of β-lactam (4-membered cyclic amide) rings is 2. The van der Waals surface area contributed by atoms with Crippen LogP contribution in [0.1, 0.15) is 0 Å². The highest BCUT2D eigenvalue weighted by Crippen LogP contribution is 2.42. The number of carboxylic acids is 1. The number of nitrogens with zero attached hydrogens (tertiary/aromatic N) is 2. The van der Waals surface area contributed by atoms with Crippen molar-refractivity contribution in [2.75, 3.05) is 11.5 Å². The Morgan fingerprint density at radius 3 is 2.17 bits per heavy atom. The maximum absolute atomic E-state index is 13.0. The molecular weight excluding hydrogens is 416 g/mol. The third kappa shape index (κ3) is 2.75. The molecule has 0 radical (unpaired) electrons. The Morgan fingerprint density at radius 1 is 1.03 bits per heavy atom. The van der Waals surface area contributed by atoms with Crippen molar-refractivity contribution >= 4 is 47.2 Å². The molecule has 4 heterocycles. The van der Waals surface area contributed by atoms with Crippen molar-refractivity contribution in [1.82, 2.24) is 15.1 Å². The molecule has 2 fully saturated rings. The lowest BCUT2D eigenvalue weighted by Crippen LogP contribution is -2.72. The fraction of sp³-hybridized carbons (Fsp3) is 0.333. The number of allylic oxidation sites excluding steroid dienone is 2. The first-order chi connectivity index (χ1) is 13.8. The van der Waals surface area contributed by atoms with Gasteiger partial charge in [-0.05, 0) is 11.1 Å². The molecule has 4 N–H and O–H groups in total. The van der Waals surface area contributed by atoms with Gasteiger partial charge >= 0.3 is 5.97 Å². The molecule has 0 bridgehead atoms. The Morgan fingerprint density at radius 2 is 1.59 bits per heavy atom. The Kier molecular flexibility index (Phi) is 4.83. The van der Waals surface area contributed by atoms with Gasteiger partial charge < -0.3 is 16.2 Å². The zero-order chi connectivity index (χ0) is 21.0. The number of carbonyl (C=O) groups is 4. The predicted octanol–water partition coefficient (Wildman–Crippen LogP) is -0.406.